The summed E-state index contributed by atoms with van der Waals surface area (Å²) in [4.78, 5) is 2.54. The third-order valence-corrected chi connectivity index (χ3v) is 6.27. The number of aromatic nitrogens is 2. The lowest BCUT2D eigenvalue weighted by atomic mass is 10.1. The molecule has 0 aliphatic carbocycles. The van der Waals surface area contributed by atoms with E-state index >= 15 is 0 Å². The molecule has 2 N–H and O–H groups in total. The van der Waals surface area contributed by atoms with E-state index in [0.717, 1.165) is 48.2 Å². The van der Waals surface area contributed by atoms with E-state index in [1.54, 1.807) is 7.11 Å². The van der Waals surface area contributed by atoms with Gasteiger partial charge in [0.05, 0.1) is 25.4 Å². The number of ether oxygens (including phenoxy) is 2. The zero-order valence-electron chi connectivity index (χ0n) is 19.3. The van der Waals surface area contributed by atoms with Crippen molar-refractivity contribution in [2.75, 3.05) is 44.0 Å². The van der Waals surface area contributed by atoms with Crippen molar-refractivity contribution in [3.8, 4) is 11.5 Å². The van der Waals surface area contributed by atoms with Crippen molar-refractivity contribution in [3.63, 3.8) is 0 Å². The van der Waals surface area contributed by atoms with E-state index in [4.69, 9.17) is 9.47 Å². The summed E-state index contributed by atoms with van der Waals surface area (Å²) >= 11 is 1.20. The summed E-state index contributed by atoms with van der Waals surface area (Å²) in [5.74, 6) is 3.37. The van der Waals surface area contributed by atoms with Gasteiger partial charge in [-0.05, 0) is 67.7 Å². The van der Waals surface area contributed by atoms with Crippen LogP contribution in [0.4, 0.5) is 11.6 Å². The number of benzene rings is 2. The van der Waals surface area contributed by atoms with E-state index in [0.29, 0.717) is 13.2 Å². The summed E-state index contributed by atoms with van der Waals surface area (Å²) in [6, 6.07) is 16.5. The molecule has 1 fully saturated rings. The first kappa shape index (κ1) is 23.3. The summed E-state index contributed by atoms with van der Waals surface area (Å²) in [7, 11) is 1.67. The first-order valence-electron chi connectivity index (χ1n) is 11.7. The smallest absolute Gasteiger partial charge is 0.184 e. The van der Waals surface area contributed by atoms with Gasteiger partial charge in [-0.15, -0.1) is 0 Å². The molecule has 1 aliphatic heterocycles. The van der Waals surface area contributed by atoms with Crippen LogP contribution >= 0.6 is 11.7 Å². The lowest BCUT2D eigenvalue weighted by Crippen LogP contribution is -2.29. The second kappa shape index (κ2) is 12.4. The number of anilines is 2. The van der Waals surface area contributed by atoms with Gasteiger partial charge in [-0.2, -0.15) is 8.75 Å². The fourth-order valence-electron chi connectivity index (χ4n) is 3.93. The molecule has 4 rings (SSSR count). The van der Waals surface area contributed by atoms with E-state index in [2.05, 4.69) is 42.5 Å². The molecular formula is C25H33N5O2S. The Bertz CT molecular complexity index is 973. The SMILES string of the molecule is COc1ccc(CNc2nsnc2NCCCOc2cccc(CN3CCCCC3)c2)cc1. The Morgan fingerprint density at radius 3 is 2.48 bits per heavy atom. The van der Waals surface area contributed by atoms with Gasteiger partial charge in [-0.25, -0.2) is 0 Å². The van der Waals surface area contributed by atoms with Gasteiger partial charge in [-0.3, -0.25) is 4.90 Å². The number of nitrogens with one attached hydrogen (secondary N) is 2. The van der Waals surface area contributed by atoms with Gasteiger partial charge in [0.25, 0.3) is 0 Å². The molecule has 2 heterocycles. The van der Waals surface area contributed by atoms with Gasteiger partial charge in [0.15, 0.2) is 11.6 Å². The van der Waals surface area contributed by atoms with Crippen LogP contribution in [0.5, 0.6) is 11.5 Å². The van der Waals surface area contributed by atoms with Crippen LogP contribution in [0.3, 0.4) is 0 Å². The Morgan fingerprint density at radius 2 is 1.70 bits per heavy atom. The van der Waals surface area contributed by atoms with E-state index in [1.807, 2.05) is 30.3 Å². The molecule has 1 aromatic heterocycles. The lowest BCUT2D eigenvalue weighted by Gasteiger charge is -2.26. The number of hydrogen-bond donors (Lipinski definition) is 2. The van der Waals surface area contributed by atoms with E-state index in [-0.39, 0.29) is 0 Å². The molecule has 8 heteroatoms. The van der Waals surface area contributed by atoms with Crippen LogP contribution in [0.1, 0.15) is 36.8 Å². The number of hydrogen-bond acceptors (Lipinski definition) is 8. The number of likely N-dealkylation sites (tertiary alicyclic amines) is 1. The molecule has 33 heavy (non-hydrogen) atoms. The number of nitrogens with zero attached hydrogens (tertiary/aromatic N) is 3. The first-order chi connectivity index (χ1) is 16.3. The summed E-state index contributed by atoms with van der Waals surface area (Å²) < 4.78 is 19.9. The Labute approximate surface area is 200 Å². The van der Waals surface area contributed by atoms with Crippen molar-refractivity contribution in [1.82, 2.24) is 13.6 Å². The minimum absolute atomic E-state index is 0.659. The van der Waals surface area contributed by atoms with Crippen LogP contribution < -0.4 is 20.1 Å². The van der Waals surface area contributed by atoms with Crippen LogP contribution in [-0.4, -0.2) is 47.0 Å². The highest BCUT2D eigenvalue weighted by atomic mass is 32.1. The molecule has 1 aliphatic rings. The number of rotatable bonds is 12. The Kier molecular flexibility index (Phi) is 8.77. The fourth-order valence-corrected chi connectivity index (χ4v) is 4.43. The second-order valence-electron chi connectivity index (χ2n) is 8.28. The molecule has 1 saturated heterocycles. The van der Waals surface area contributed by atoms with Crippen LogP contribution in [0, 0.1) is 0 Å². The summed E-state index contributed by atoms with van der Waals surface area (Å²) in [6.07, 6.45) is 4.88. The van der Waals surface area contributed by atoms with Crippen molar-refractivity contribution >= 4 is 23.4 Å². The van der Waals surface area contributed by atoms with Crippen LogP contribution in [0.15, 0.2) is 48.5 Å². The number of methoxy groups -OCH3 is 1. The molecule has 0 saturated carbocycles. The number of piperidine rings is 1. The molecule has 7 nitrogen and oxygen atoms in total. The normalized spacial score (nSPS) is 14.1. The van der Waals surface area contributed by atoms with Gasteiger partial charge < -0.3 is 20.1 Å². The molecule has 176 valence electrons. The van der Waals surface area contributed by atoms with Gasteiger partial charge >= 0.3 is 0 Å². The standard InChI is InChI=1S/C25H33N5O2S/c1-31-22-11-9-20(10-12-22)18-27-25-24(28-33-29-25)26-13-6-16-32-23-8-5-7-21(17-23)19-30-14-3-2-4-15-30/h5,7-12,17H,2-4,6,13-16,18-19H2,1H3,(H,26,28)(H,27,29). The van der Waals surface area contributed by atoms with E-state index in [9.17, 15) is 0 Å². The summed E-state index contributed by atoms with van der Waals surface area (Å²) in [6.45, 7) is 5.55. The van der Waals surface area contributed by atoms with Crippen LogP contribution in [0.25, 0.3) is 0 Å². The van der Waals surface area contributed by atoms with Crippen molar-refractivity contribution in [3.05, 3.63) is 59.7 Å². The molecule has 0 amide bonds. The maximum absolute atomic E-state index is 5.99. The highest BCUT2D eigenvalue weighted by Gasteiger charge is 2.11. The van der Waals surface area contributed by atoms with E-state index in [1.165, 1.54) is 49.6 Å². The van der Waals surface area contributed by atoms with Gasteiger partial charge in [0, 0.05) is 19.6 Å². The summed E-state index contributed by atoms with van der Waals surface area (Å²) in [5, 5.41) is 6.72. The quantitative estimate of drug-likeness (QED) is 0.362. The minimum atomic E-state index is 0.659. The highest BCUT2D eigenvalue weighted by molar-refractivity contribution is 6.99. The molecule has 0 radical (unpaired) electrons. The first-order valence-corrected chi connectivity index (χ1v) is 12.4. The van der Waals surface area contributed by atoms with Crippen molar-refractivity contribution in [1.29, 1.82) is 0 Å². The molecular weight excluding hydrogens is 434 g/mol. The Hall–Kier alpha value is -2.84. The largest absolute Gasteiger partial charge is 0.497 e. The fraction of sp³-hybridized carbons (Fsp3) is 0.440. The van der Waals surface area contributed by atoms with Gasteiger partial charge in [0.2, 0.25) is 0 Å². The minimum Gasteiger partial charge on any atom is -0.497 e. The lowest BCUT2D eigenvalue weighted by molar-refractivity contribution is 0.220. The van der Waals surface area contributed by atoms with Crippen molar-refractivity contribution in [2.45, 2.75) is 38.8 Å². The molecule has 0 atom stereocenters. The highest BCUT2D eigenvalue weighted by Crippen LogP contribution is 2.21. The third-order valence-electron chi connectivity index (χ3n) is 5.74. The molecule has 2 aromatic carbocycles. The molecule has 0 unspecified atom stereocenters. The monoisotopic (exact) mass is 467 g/mol. The predicted molar refractivity (Wildman–Crippen MR) is 134 cm³/mol. The topological polar surface area (TPSA) is 71.5 Å². The average Bonchev–Trinajstić information content (AvgIpc) is 3.31. The Morgan fingerprint density at radius 1 is 0.909 bits per heavy atom. The molecule has 3 aromatic rings. The molecule has 0 bridgehead atoms. The zero-order valence-corrected chi connectivity index (χ0v) is 20.1. The van der Waals surface area contributed by atoms with E-state index < -0.39 is 0 Å². The molecule has 0 spiro atoms. The predicted octanol–water partition coefficient (Wildman–Crippen LogP) is 5.03. The summed E-state index contributed by atoms with van der Waals surface area (Å²) in [5.41, 5.74) is 2.49. The maximum atomic E-state index is 5.99. The average molecular weight is 468 g/mol. The van der Waals surface area contributed by atoms with Crippen LogP contribution in [-0.2, 0) is 13.1 Å². The van der Waals surface area contributed by atoms with Crippen molar-refractivity contribution < 1.29 is 9.47 Å². The van der Waals surface area contributed by atoms with Gasteiger partial charge in [-0.1, -0.05) is 30.7 Å². The Balaban J connectivity index is 1.16. The third kappa shape index (κ3) is 7.33. The van der Waals surface area contributed by atoms with Crippen LogP contribution in [0.2, 0.25) is 0 Å². The van der Waals surface area contributed by atoms with Gasteiger partial charge in [0.1, 0.15) is 11.5 Å². The van der Waals surface area contributed by atoms with Crippen molar-refractivity contribution in [2.24, 2.45) is 0 Å². The maximum Gasteiger partial charge on any atom is 0.184 e. The zero-order chi connectivity index (χ0) is 22.7. The second-order valence-corrected chi connectivity index (χ2v) is 8.80.